The van der Waals surface area contributed by atoms with Crippen molar-refractivity contribution in [2.24, 2.45) is 5.73 Å². The molecule has 21 heavy (non-hydrogen) atoms. The van der Waals surface area contributed by atoms with E-state index in [1.807, 2.05) is 0 Å². The van der Waals surface area contributed by atoms with Gasteiger partial charge in [0, 0.05) is 24.7 Å². The molecule has 0 radical (unpaired) electrons. The highest BCUT2D eigenvalue weighted by molar-refractivity contribution is 5.65. The smallest absolute Gasteiger partial charge is 0.245 e. The van der Waals surface area contributed by atoms with Gasteiger partial charge in [0.05, 0.1) is 5.56 Å². The van der Waals surface area contributed by atoms with Crippen LogP contribution in [0.5, 0.6) is 11.5 Å². The number of piperidine rings is 1. The molecule has 5 N–H and O–H groups in total. The number of anilines is 1. The lowest BCUT2D eigenvalue weighted by atomic mass is 9.99. The Morgan fingerprint density at radius 1 is 1.38 bits per heavy atom. The first kappa shape index (κ1) is 13.7. The largest absolute Gasteiger partial charge is 0.508 e. The van der Waals surface area contributed by atoms with E-state index in [-0.39, 0.29) is 23.6 Å². The Labute approximate surface area is 122 Å². The minimum Gasteiger partial charge on any atom is -0.508 e. The molecule has 1 aliphatic rings. The number of hydrogen-bond donors (Lipinski definition) is 4. The molecule has 0 aliphatic carbocycles. The lowest BCUT2D eigenvalue weighted by molar-refractivity contribution is 0.416. The average molecular weight is 289 g/mol. The zero-order valence-corrected chi connectivity index (χ0v) is 11.8. The molecular formula is C14H19N5O2. The van der Waals surface area contributed by atoms with Crippen molar-refractivity contribution in [2.75, 3.05) is 11.4 Å². The van der Waals surface area contributed by atoms with E-state index in [0.29, 0.717) is 17.3 Å². The van der Waals surface area contributed by atoms with Crippen molar-refractivity contribution in [1.82, 2.24) is 15.2 Å². The second kappa shape index (κ2) is 5.25. The predicted molar refractivity (Wildman–Crippen MR) is 79.2 cm³/mol. The van der Waals surface area contributed by atoms with Gasteiger partial charge in [0.15, 0.2) is 5.82 Å². The van der Waals surface area contributed by atoms with Gasteiger partial charge in [0.1, 0.15) is 11.5 Å². The third kappa shape index (κ3) is 2.52. The zero-order valence-electron chi connectivity index (χ0n) is 11.8. The number of H-pyrrole nitrogens is 1. The Kier molecular flexibility index (Phi) is 3.42. The van der Waals surface area contributed by atoms with Crippen molar-refractivity contribution in [3.63, 3.8) is 0 Å². The molecule has 1 aliphatic heterocycles. The van der Waals surface area contributed by atoms with Crippen LogP contribution in [-0.4, -0.2) is 44.0 Å². The standard InChI is InChI=1S/C14H19N5O2/c1-8-11(15)3-2-6-19(8)14-16-13(17-18-14)10-5-4-9(20)7-12(10)21/h4-5,7-8,11,20-21H,2-3,6,15H2,1H3,(H,16,17,18). The molecular weight excluding hydrogens is 270 g/mol. The van der Waals surface area contributed by atoms with Crippen molar-refractivity contribution in [2.45, 2.75) is 31.8 Å². The molecule has 0 bridgehead atoms. The molecule has 0 saturated carbocycles. The van der Waals surface area contributed by atoms with Crippen molar-refractivity contribution in [3.05, 3.63) is 18.2 Å². The van der Waals surface area contributed by atoms with Gasteiger partial charge in [-0.3, -0.25) is 5.10 Å². The molecule has 0 amide bonds. The number of rotatable bonds is 2. The number of aromatic nitrogens is 3. The van der Waals surface area contributed by atoms with Crippen LogP contribution in [0, 0.1) is 0 Å². The molecule has 1 saturated heterocycles. The van der Waals surface area contributed by atoms with E-state index in [4.69, 9.17) is 5.73 Å². The van der Waals surface area contributed by atoms with E-state index in [0.717, 1.165) is 19.4 Å². The minimum absolute atomic E-state index is 0.00613. The van der Waals surface area contributed by atoms with Gasteiger partial charge in [0.2, 0.25) is 5.95 Å². The molecule has 2 heterocycles. The summed E-state index contributed by atoms with van der Waals surface area (Å²) in [6, 6.07) is 4.66. The summed E-state index contributed by atoms with van der Waals surface area (Å²) in [5.41, 5.74) is 6.59. The molecule has 1 aromatic heterocycles. The second-order valence-corrected chi connectivity index (χ2v) is 5.43. The number of nitrogens with zero attached hydrogens (tertiary/aromatic N) is 3. The van der Waals surface area contributed by atoms with Crippen LogP contribution >= 0.6 is 0 Å². The SMILES string of the molecule is CC1C(N)CCCN1c1n[nH]c(-c2ccc(O)cc2O)n1. The van der Waals surface area contributed by atoms with Crippen molar-refractivity contribution < 1.29 is 10.2 Å². The Bertz CT molecular complexity index is 642. The van der Waals surface area contributed by atoms with Crippen LogP contribution in [0.2, 0.25) is 0 Å². The van der Waals surface area contributed by atoms with Gasteiger partial charge in [-0.15, -0.1) is 5.10 Å². The molecule has 0 spiro atoms. The lowest BCUT2D eigenvalue weighted by Gasteiger charge is -2.36. The Morgan fingerprint density at radius 3 is 2.95 bits per heavy atom. The van der Waals surface area contributed by atoms with Gasteiger partial charge >= 0.3 is 0 Å². The Hall–Kier alpha value is -2.28. The fraction of sp³-hybridized carbons (Fsp3) is 0.429. The number of hydrogen-bond acceptors (Lipinski definition) is 6. The number of nitrogens with two attached hydrogens (primary N) is 1. The summed E-state index contributed by atoms with van der Waals surface area (Å²) < 4.78 is 0. The number of nitrogens with one attached hydrogen (secondary N) is 1. The average Bonchev–Trinajstić information content (AvgIpc) is 2.91. The third-order valence-corrected chi connectivity index (χ3v) is 4.01. The van der Waals surface area contributed by atoms with E-state index in [1.165, 1.54) is 12.1 Å². The van der Waals surface area contributed by atoms with Crippen molar-refractivity contribution >= 4 is 5.95 Å². The van der Waals surface area contributed by atoms with E-state index in [9.17, 15) is 10.2 Å². The molecule has 1 fully saturated rings. The van der Waals surface area contributed by atoms with Gasteiger partial charge in [-0.25, -0.2) is 0 Å². The molecule has 112 valence electrons. The minimum atomic E-state index is -0.0407. The van der Waals surface area contributed by atoms with Crippen molar-refractivity contribution in [3.8, 4) is 22.9 Å². The Morgan fingerprint density at radius 2 is 2.19 bits per heavy atom. The maximum atomic E-state index is 9.88. The maximum absolute atomic E-state index is 9.88. The highest BCUT2D eigenvalue weighted by atomic mass is 16.3. The number of aromatic hydroxyl groups is 2. The van der Waals surface area contributed by atoms with Crippen LogP contribution in [0.4, 0.5) is 5.95 Å². The first-order valence-electron chi connectivity index (χ1n) is 7.03. The monoisotopic (exact) mass is 289 g/mol. The van der Waals surface area contributed by atoms with Crippen LogP contribution in [0.3, 0.4) is 0 Å². The molecule has 1 aromatic carbocycles. The van der Waals surface area contributed by atoms with Gasteiger partial charge in [-0.05, 0) is 31.9 Å². The topological polar surface area (TPSA) is 111 Å². The number of benzene rings is 1. The molecule has 2 unspecified atom stereocenters. The van der Waals surface area contributed by atoms with E-state index in [2.05, 4.69) is 27.0 Å². The van der Waals surface area contributed by atoms with E-state index >= 15 is 0 Å². The van der Waals surface area contributed by atoms with Crippen LogP contribution in [0.25, 0.3) is 11.4 Å². The normalized spacial score (nSPS) is 22.5. The van der Waals surface area contributed by atoms with Gasteiger partial charge in [-0.1, -0.05) is 0 Å². The summed E-state index contributed by atoms with van der Waals surface area (Å²) in [4.78, 5) is 6.52. The molecule has 2 aromatic rings. The van der Waals surface area contributed by atoms with Crippen molar-refractivity contribution in [1.29, 1.82) is 0 Å². The number of phenols is 2. The number of phenolic OH excluding ortho intramolecular Hbond substituents is 2. The highest BCUT2D eigenvalue weighted by Gasteiger charge is 2.28. The fourth-order valence-corrected chi connectivity index (χ4v) is 2.68. The van der Waals surface area contributed by atoms with Crippen LogP contribution in [0.15, 0.2) is 18.2 Å². The van der Waals surface area contributed by atoms with Gasteiger partial charge < -0.3 is 20.8 Å². The van der Waals surface area contributed by atoms with Crippen LogP contribution in [0.1, 0.15) is 19.8 Å². The number of aromatic amines is 1. The van der Waals surface area contributed by atoms with Gasteiger partial charge in [0.25, 0.3) is 0 Å². The zero-order chi connectivity index (χ0) is 15.0. The summed E-state index contributed by atoms with van der Waals surface area (Å²) in [5.74, 6) is 1.02. The molecule has 7 heteroatoms. The van der Waals surface area contributed by atoms with E-state index < -0.39 is 0 Å². The fourth-order valence-electron chi connectivity index (χ4n) is 2.68. The summed E-state index contributed by atoms with van der Waals surface area (Å²) in [6.07, 6.45) is 2.02. The quantitative estimate of drug-likeness (QED) is 0.661. The molecule has 3 rings (SSSR count). The summed E-state index contributed by atoms with van der Waals surface area (Å²) in [7, 11) is 0. The second-order valence-electron chi connectivity index (χ2n) is 5.43. The molecule has 7 nitrogen and oxygen atoms in total. The predicted octanol–water partition coefficient (Wildman–Crippen LogP) is 1.20. The first-order chi connectivity index (χ1) is 10.1. The lowest BCUT2D eigenvalue weighted by Crippen LogP contribution is -2.50. The third-order valence-electron chi connectivity index (χ3n) is 4.01. The van der Waals surface area contributed by atoms with Crippen LogP contribution < -0.4 is 10.6 Å². The van der Waals surface area contributed by atoms with Crippen LogP contribution in [-0.2, 0) is 0 Å². The molecule has 2 atom stereocenters. The summed E-state index contributed by atoms with van der Waals surface area (Å²) in [6.45, 7) is 2.94. The Balaban J connectivity index is 1.89. The first-order valence-corrected chi connectivity index (χ1v) is 7.03. The summed E-state index contributed by atoms with van der Waals surface area (Å²) in [5, 5.41) is 26.3. The summed E-state index contributed by atoms with van der Waals surface area (Å²) >= 11 is 0. The highest BCUT2D eigenvalue weighted by Crippen LogP contribution is 2.31. The van der Waals surface area contributed by atoms with Gasteiger partial charge in [-0.2, -0.15) is 4.98 Å². The van der Waals surface area contributed by atoms with E-state index in [1.54, 1.807) is 6.07 Å². The maximum Gasteiger partial charge on any atom is 0.245 e.